The largest absolute Gasteiger partial charge is 0.481 e. The van der Waals surface area contributed by atoms with Gasteiger partial charge in [-0.2, -0.15) is 9.97 Å². The molecule has 0 spiro atoms. The van der Waals surface area contributed by atoms with E-state index in [1.165, 1.54) is 0 Å². The van der Waals surface area contributed by atoms with Crippen LogP contribution in [0.3, 0.4) is 0 Å². The van der Waals surface area contributed by atoms with E-state index in [-0.39, 0.29) is 5.54 Å². The first-order chi connectivity index (χ1) is 8.44. The lowest BCUT2D eigenvalue weighted by molar-refractivity contribution is 0.372. The summed E-state index contributed by atoms with van der Waals surface area (Å²) in [6.45, 7) is 7.92. The molecule has 0 fully saturated rings. The Bertz CT molecular complexity index is 355. The minimum Gasteiger partial charge on any atom is -0.481 e. The van der Waals surface area contributed by atoms with Crippen molar-refractivity contribution in [3.8, 4) is 11.8 Å². The van der Waals surface area contributed by atoms with Gasteiger partial charge < -0.3 is 20.1 Å². The van der Waals surface area contributed by atoms with Gasteiger partial charge >= 0.3 is 0 Å². The van der Waals surface area contributed by atoms with Gasteiger partial charge in [-0.25, -0.2) is 0 Å². The first kappa shape index (κ1) is 14.5. The Kier molecular flexibility index (Phi) is 5.15. The number of aromatic nitrogens is 2. The highest BCUT2D eigenvalue weighted by atomic mass is 16.5. The van der Waals surface area contributed by atoms with E-state index in [4.69, 9.17) is 9.47 Å². The molecule has 0 radical (unpaired) electrons. The molecule has 6 nitrogen and oxygen atoms in total. The Morgan fingerprint density at radius 1 is 1.06 bits per heavy atom. The van der Waals surface area contributed by atoms with Crippen molar-refractivity contribution in [3.05, 3.63) is 6.07 Å². The third-order valence-electron chi connectivity index (χ3n) is 2.16. The van der Waals surface area contributed by atoms with Crippen molar-refractivity contribution in [2.75, 3.05) is 32.6 Å². The van der Waals surface area contributed by atoms with Gasteiger partial charge in [0.25, 0.3) is 0 Å². The molecule has 1 rings (SSSR count). The van der Waals surface area contributed by atoms with Crippen molar-refractivity contribution in [3.63, 3.8) is 0 Å². The quantitative estimate of drug-likeness (QED) is 0.746. The first-order valence-corrected chi connectivity index (χ1v) is 5.90. The van der Waals surface area contributed by atoms with E-state index in [1.54, 1.807) is 20.3 Å². The van der Waals surface area contributed by atoms with Crippen LogP contribution >= 0.6 is 0 Å². The molecule has 0 aliphatic rings. The van der Waals surface area contributed by atoms with Gasteiger partial charge in [-0.05, 0) is 20.8 Å². The van der Waals surface area contributed by atoms with E-state index in [9.17, 15) is 0 Å². The molecule has 0 atom stereocenters. The number of ether oxygens (including phenoxy) is 2. The molecular weight excluding hydrogens is 232 g/mol. The van der Waals surface area contributed by atoms with Gasteiger partial charge in [0.1, 0.15) is 0 Å². The van der Waals surface area contributed by atoms with E-state index in [0.717, 1.165) is 13.1 Å². The van der Waals surface area contributed by atoms with Crippen LogP contribution in [0.15, 0.2) is 6.07 Å². The van der Waals surface area contributed by atoms with E-state index in [2.05, 4.69) is 41.4 Å². The van der Waals surface area contributed by atoms with Crippen molar-refractivity contribution in [1.82, 2.24) is 15.3 Å². The highest BCUT2D eigenvalue weighted by molar-refractivity contribution is 5.33. The highest BCUT2D eigenvalue weighted by Gasteiger charge is 2.08. The second-order valence-electron chi connectivity index (χ2n) is 4.88. The highest BCUT2D eigenvalue weighted by Crippen LogP contribution is 2.16. The number of hydrogen-bond acceptors (Lipinski definition) is 6. The molecule has 0 unspecified atom stereocenters. The number of hydrogen-bond donors (Lipinski definition) is 2. The molecule has 0 saturated heterocycles. The number of methoxy groups -OCH3 is 2. The zero-order valence-corrected chi connectivity index (χ0v) is 11.7. The minimum absolute atomic E-state index is 0.106. The van der Waals surface area contributed by atoms with Crippen LogP contribution in [0.25, 0.3) is 0 Å². The van der Waals surface area contributed by atoms with Gasteiger partial charge in [0.15, 0.2) is 0 Å². The molecule has 0 amide bonds. The molecule has 102 valence electrons. The second-order valence-corrected chi connectivity index (χ2v) is 4.88. The van der Waals surface area contributed by atoms with Crippen molar-refractivity contribution in [1.29, 1.82) is 0 Å². The van der Waals surface area contributed by atoms with E-state index in [0.29, 0.717) is 17.7 Å². The summed E-state index contributed by atoms with van der Waals surface area (Å²) in [6.07, 6.45) is 0. The average molecular weight is 254 g/mol. The van der Waals surface area contributed by atoms with Crippen molar-refractivity contribution < 1.29 is 9.47 Å². The van der Waals surface area contributed by atoms with Crippen LogP contribution in [0.5, 0.6) is 11.8 Å². The molecule has 2 N–H and O–H groups in total. The van der Waals surface area contributed by atoms with Crippen LogP contribution in [-0.2, 0) is 0 Å². The maximum absolute atomic E-state index is 5.07. The lowest BCUT2D eigenvalue weighted by Crippen LogP contribution is -2.38. The SMILES string of the molecule is COc1cc(OC)nc(NCCNC(C)(C)C)n1. The topological polar surface area (TPSA) is 68.3 Å². The lowest BCUT2D eigenvalue weighted by Gasteiger charge is -2.20. The van der Waals surface area contributed by atoms with Crippen molar-refractivity contribution in [2.24, 2.45) is 0 Å². The molecule has 0 aliphatic heterocycles. The van der Waals surface area contributed by atoms with Gasteiger partial charge in [0, 0.05) is 18.6 Å². The summed E-state index contributed by atoms with van der Waals surface area (Å²) in [5.74, 6) is 1.46. The molecular formula is C12H22N4O2. The second kappa shape index (κ2) is 6.39. The summed E-state index contributed by atoms with van der Waals surface area (Å²) < 4.78 is 10.1. The predicted octanol–water partition coefficient (Wildman–Crippen LogP) is 1.29. The third-order valence-corrected chi connectivity index (χ3v) is 2.16. The summed E-state index contributed by atoms with van der Waals surface area (Å²) in [5.41, 5.74) is 0.106. The van der Waals surface area contributed by atoms with E-state index >= 15 is 0 Å². The Labute approximate surface area is 108 Å². The number of rotatable bonds is 6. The zero-order valence-electron chi connectivity index (χ0n) is 11.7. The summed E-state index contributed by atoms with van der Waals surface area (Å²) in [6, 6.07) is 1.64. The average Bonchev–Trinajstić information content (AvgIpc) is 2.33. The number of nitrogens with one attached hydrogen (secondary N) is 2. The fourth-order valence-corrected chi connectivity index (χ4v) is 1.30. The lowest BCUT2D eigenvalue weighted by atomic mass is 10.1. The Balaban J connectivity index is 2.51. The Morgan fingerprint density at radius 3 is 2.06 bits per heavy atom. The van der Waals surface area contributed by atoms with Gasteiger partial charge in [0.2, 0.25) is 17.7 Å². The summed E-state index contributed by atoms with van der Waals surface area (Å²) >= 11 is 0. The van der Waals surface area contributed by atoms with Crippen molar-refractivity contribution >= 4 is 5.95 Å². The third kappa shape index (κ3) is 5.18. The molecule has 0 bridgehead atoms. The Hall–Kier alpha value is -1.56. The molecule has 1 heterocycles. The Morgan fingerprint density at radius 2 is 1.61 bits per heavy atom. The first-order valence-electron chi connectivity index (χ1n) is 5.90. The van der Waals surface area contributed by atoms with E-state index < -0.39 is 0 Å². The summed E-state index contributed by atoms with van der Waals surface area (Å²) in [4.78, 5) is 8.36. The normalized spacial score (nSPS) is 11.2. The molecule has 1 aromatic heterocycles. The molecule has 1 aromatic rings. The minimum atomic E-state index is 0.106. The maximum atomic E-state index is 5.07. The summed E-state index contributed by atoms with van der Waals surface area (Å²) in [5, 5.41) is 6.49. The summed E-state index contributed by atoms with van der Waals surface area (Å²) in [7, 11) is 3.12. The molecule has 0 saturated carbocycles. The molecule has 0 aliphatic carbocycles. The monoisotopic (exact) mass is 254 g/mol. The van der Waals surface area contributed by atoms with Crippen LogP contribution in [-0.4, -0.2) is 42.8 Å². The van der Waals surface area contributed by atoms with Crippen LogP contribution in [0.2, 0.25) is 0 Å². The van der Waals surface area contributed by atoms with Gasteiger partial charge in [-0.1, -0.05) is 0 Å². The number of anilines is 1. The standard InChI is InChI=1S/C12H22N4O2/c1-12(2,3)14-7-6-13-11-15-9(17-4)8-10(16-11)18-5/h8,14H,6-7H2,1-5H3,(H,13,15,16). The molecule has 18 heavy (non-hydrogen) atoms. The molecule has 6 heteroatoms. The van der Waals surface area contributed by atoms with Crippen LogP contribution in [0.1, 0.15) is 20.8 Å². The molecule has 0 aromatic carbocycles. The number of nitrogens with zero attached hydrogens (tertiary/aromatic N) is 2. The maximum Gasteiger partial charge on any atom is 0.229 e. The fourth-order valence-electron chi connectivity index (χ4n) is 1.30. The van der Waals surface area contributed by atoms with Crippen LogP contribution in [0.4, 0.5) is 5.95 Å². The van der Waals surface area contributed by atoms with Gasteiger partial charge in [0.05, 0.1) is 20.3 Å². The van der Waals surface area contributed by atoms with E-state index in [1.807, 2.05) is 0 Å². The van der Waals surface area contributed by atoms with Crippen LogP contribution in [0, 0.1) is 0 Å². The smallest absolute Gasteiger partial charge is 0.229 e. The van der Waals surface area contributed by atoms with Gasteiger partial charge in [-0.3, -0.25) is 0 Å². The zero-order chi connectivity index (χ0) is 13.6. The van der Waals surface area contributed by atoms with Crippen molar-refractivity contribution in [2.45, 2.75) is 26.3 Å². The predicted molar refractivity (Wildman–Crippen MR) is 71.4 cm³/mol. The fraction of sp³-hybridized carbons (Fsp3) is 0.667. The van der Waals surface area contributed by atoms with Crippen LogP contribution < -0.4 is 20.1 Å². The van der Waals surface area contributed by atoms with Gasteiger partial charge in [-0.15, -0.1) is 0 Å².